The van der Waals surface area contributed by atoms with Crippen molar-refractivity contribution in [2.75, 3.05) is 6.61 Å². The third-order valence-electron chi connectivity index (χ3n) is 2.73. The number of aryl methyl sites for hydroxylation is 1. The minimum absolute atomic E-state index is 0.180. The van der Waals surface area contributed by atoms with Crippen molar-refractivity contribution < 1.29 is 19.5 Å². The zero-order valence-electron chi connectivity index (χ0n) is 12.3. The van der Waals surface area contributed by atoms with Crippen molar-refractivity contribution in [3.63, 3.8) is 0 Å². The zero-order valence-corrected chi connectivity index (χ0v) is 12.3. The van der Waals surface area contributed by atoms with Gasteiger partial charge in [0.15, 0.2) is 0 Å². The highest BCUT2D eigenvalue weighted by molar-refractivity contribution is 5.78. The van der Waals surface area contributed by atoms with E-state index >= 15 is 0 Å². The maximum atomic E-state index is 11.4. The first-order valence-electron chi connectivity index (χ1n) is 6.46. The lowest BCUT2D eigenvalue weighted by molar-refractivity contribution is -0.155. The Morgan fingerprint density at radius 1 is 1.30 bits per heavy atom. The lowest BCUT2D eigenvalue weighted by Gasteiger charge is -2.25. The van der Waals surface area contributed by atoms with Crippen LogP contribution in [0.4, 0.5) is 0 Å². The summed E-state index contributed by atoms with van der Waals surface area (Å²) in [4.78, 5) is 16.4. The molecule has 1 atom stereocenters. The van der Waals surface area contributed by atoms with Crippen LogP contribution in [0.15, 0.2) is 29.4 Å². The number of hydrogen-bond acceptors (Lipinski definition) is 4. The largest absolute Gasteiger partial charge is 0.478 e. The first kappa shape index (κ1) is 16.0. The summed E-state index contributed by atoms with van der Waals surface area (Å²) in [5, 5.41) is 13.1. The highest BCUT2D eigenvalue weighted by Crippen LogP contribution is 2.22. The molecule has 110 valence electrons. The molecule has 0 spiro atoms. The van der Waals surface area contributed by atoms with Crippen LogP contribution in [0.2, 0.25) is 0 Å². The Balaban J connectivity index is 2.68. The van der Waals surface area contributed by atoms with Gasteiger partial charge in [-0.2, -0.15) is 0 Å². The van der Waals surface area contributed by atoms with E-state index in [0.29, 0.717) is 5.75 Å². The van der Waals surface area contributed by atoms with E-state index in [0.717, 1.165) is 11.3 Å². The molecule has 5 nitrogen and oxygen atoms in total. The molecule has 1 aromatic rings. The maximum absolute atomic E-state index is 11.4. The molecule has 0 aliphatic rings. The molecule has 0 radical (unpaired) electrons. The second-order valence-corrected chi connectivity index (χ2v) is 5.07. The average Bonchev–Trinajstić information content (AvgIpc) is 2.37. The van der Waals surface area contributed by atoms with Gasteiger partial charge < -0.3 is 14.7 Å². The van der Waals surface area contributed by atoms with Gasteiger partial charge in [0.25, 0.3) is 0 Å². The number of ether oxygens (including phenoxy) is 1. The van der Waals surface area contributed by atoms with Gasteiger partial charge in [0.05, 0.1) is 5.71 Å². The Labute approximate surface area is 119 Å². The Morgan fingerprint density at radius 2 is 1.90 bits per heavy atom. The molecule has 1 rings (SSSR count). The summed E-state index contributed by atoms with van der Waals surface area (Å²) in [6.45, 7) is 7.28. The molecule has 5 heteroatoms. The molecule has 1 aromatic carbocycles. The van der Waals surface area contributed by atoms with Crippen molar-refractivity contribution in [1.29, 1.82) is 0 Å². The number of oxime groups is 1. The Morgan fingerprint density at radius 3 is 2.40 bits per heavy atom. The van der Waals surface area contributed by atoms with Crippen LogP contribution in [0.3, 0.4) is 0 Å². The van der Waals surface area contributed by atoms with E-state index in [1.54, 1.807) is 26.0 Å². The van der Waals surface area contributed by atoms with Crippen molar-refractivity contribution in [2.45, 2.75) is 39.7 Å². The number of benzene rings is 1. The lowest BCUT2D eigenvalue weighted by atomic mass is 10.0. The summed E-state index contributed by atoms with van der Waals surface area (Å²) in [5.41, 5.74) is 0.527. The standard InChI is InChI=1S/C15H21NO4/c1-11(2)16-19-10-9-15(4,14(17)18)20-13-7-5-12(3)6-8-13/h5-8H,9-10H2,1-4H3,(H,17,18). The van der Waals surface area contributed by atoms with Crippen LogP contribution in [0.1, 0.15) is 32.8 Å². The zero-order chi connectivity index (χ0) is 15.2. The van der Waals surface area contributed by atoms with Gasteiger partial charge in [-0.3, -0.25) is 0 Å². The smallest absolute Gasteiger partial charge is 0.347 e. The highest BCUT2D eigenvalue weighted by atomic mass is 16.6. The van der Waals surface area contributed by atoms with Gasteiger partial charge in [-0.1, -0.05) is 22.9 Å². The summed E-state index contributed by atoms with van der Waals surface area (Å²) in [5.74, 6) is -0.505. The third kappa shape index (κ3) is 4.91. The molecule has 0 fully saturated rings. The molecule has 20 heavy (non-hydrogen) atoms. The van der Waals surface area contributed by atoms with E-state index in [1.807, 2.05) is 19.1 Å². The Hall–Kier alpha value is -2.04. The second-order valence-electron chi connectivity index (χ2n) is 5.07. The van der Waals surface area contributed by atoms with Crippen LogP contribution in [0.5, 0.6) is 5.75 Å². The molecule has 0 aromatic heterocycles. The normalized spacial score (nSPS) is 13.2. The Bertz CT molecular complexity index is 477. The van der Waals surface area contributed by atoms with E-state index in [2.05, 4.69) is 5.16 Å². The fourth-order valence-electron chi connectivity index (χ4n) is 1.48. The molecule has 0 saturated carbocycles. The topological polar surface area (TPSA) is 68.1 Å². The van der Waals surface area contributed by atoms with Gasteiger partial charge in [0.1, 0.15) is 12.4 Å². The maximum Gasteiger partial charge on any atom is 0.347 e. The van der Waals surface area contributed by atoms with E-state index < -0.39 is 11.6 Å². The van der Waals surface area contributed by atoms with Gasteiger partial charge in [0, 0.05) is 6.42 Å². The van der Waals surface area contributed by atoms with Crippen LogP contribution >= 0.6 is 0 Å². The van der Waals surface area contributed by atoms with E-state index in [1.165, 1.54) is 6.92 Å². The van der Waals surface area contributed by atoms with E-state index in [4.69, 9.17) is 9.57 Å². The SMILES string of the molecule is CC(C)=NOCCC(C)(Oc1ccc(C)cc1)C(=O)O. The predicted molar refractivity (Wildman–Crippen MR) is 77.2 cm³/mol. The second kappa shape index (κ2) is 6.93. The molecule has 0 amide bonds. The summed E-state index contributed by atoms with van der Waals surface area (Å²) < 4.78 is 5.60. The molecule has 0 saturated heterocycles. The summed E-state index contributed by atoms with van der Waals surface area (Å²) in [7, 11) is 0. The van der Waals surface area contributed by atoms with Crippen LogP contribution in [-0.2, 0) is 9.63 Å². The van der Waals surface area contributed by atoms with Gasteiger partial charge in [0.2, 0.25) is 5.60 Å². The molecular formula is C15H21NO4. The van der Waals surface area contributed by atoms with Gasteiger partial charge in [-0.25, -0.2) is 4.79 Å². The number of nitrogens with zero attached hydrogens (tertiary/aromatic N) is 1. The van der Waals surface area contributed by atoms with Crippen molar-refractivity contribution in [2.24, 2.45) is 5.16 Å². The molecular weight excluding hydrogens is 258 g/mol. The summed E-state index contributed by atoms with van der Waals surface area (Å²) in [6.07, 6.45) is 0.201. The number of hydrogen-bond donors (Lipinski definition) is 1. The molecule has 0 bridgehead atoms. The fourth-order valence-corrected chi connectivity index (χ4v) is 1.48. The van der Waals surface area contributed by atoms with E-state index in [-0.39, 0.29) is 13.0 Å². The Kier molecular flexibility index (Phi) is 5.55. The third-order valence-corrected chi connectivity index (χ3v) is 2.73. The van der Waals surface area contributed by atoms with Gasteiger partial charge in [-0.05, 0) is 39.8 Å². The van der Waals surface area contributed by atoms with Gasteiger partial charge in [-0.15, -0.1) is 0 Å². The predicted octanol–water partition coefficient (Wildman–Crippen LogP) is 3.02. The minimum Gasteiger partial charge on any atom is -0.478 e. The number of carboxylic acids is 1. The first-order chi connectivity index (χ1) is 9.33. The van der Waals surface area contributed by atoms with Crippen LogP contribution in [0, 0.1) is 6.92 Å². The monoisotopic (exact) mass is 279 g/mol. The van der Waals surface area contributed by atoms with E-state index in [9.17, 15) is 9.90 Å². The average molecular weight is 279 g/mol. The molecule has 0 aliphatic carbocycles. The minimum atomic E-state index is -1.34. The molecule has 0 heterocycles. The summed E-state index contributed by atoms with van der Waals surface area (Å²) >= 11 is 0. The number of carbonyl (C=O) groups is 1. The van der Waals surface area contributed by atoms with Crippen molar-refractivity contribution in [3.05, 3.63) is 29.8 Å². The first-order valence-corrected chi connectivity index (χ1v) is 6.46. The molecule has 1 unspecified atom stereocenters. The quantitative estimate of drug-likeness (QED) is 0.473. The van der Waals surface area contributed by atoms with Gasteiger partial charge >= 0.3 is 5.97 Å². The van der Waals surface area contributed by atoms with Crippen LogP contribution < -0.4 is 4.74 Å². The van der Waals surface area contributed by atoms with Crippen molar-refractivity contribution in [3.8, 4) is 5.75 Å². The molecule has 1 N–H and O–H groups in total. The summed E-state index contributed by atoms with van der Waals surface area (Å²) in [6, 6.07) is 7.26. The van der Waals surface area contributed by atoms with Crippen molar-refractivity contribution in [1.82, 2.24) is 0 Å². The fraction of sp³-hybridized carbons (Fsp3) is 0.467. The molecule has 0 aliphatic heterocycles. The number of aliphatic carboxylic acids is 1. The van der Waals surface area contributed by atoms with Crippen LogP contribution in [-0.4, -0.2) is 29.0 Å². The van der Waals surface area contributed by atoms with Crippen molar-refractivity contribution >= 4 is 11.7 Å². The number of carboxylic acid groups (broad SMARTS) is 1. The number of rotatable bonds is 7. The lowest BCUT2D eigenvalue weighted by Crippen LogP contribution is -2.42. The van der Waals surface area contributed by atoms with Crippen LogP contribution in [0.25, 0.3) is 0 Å². The highest BCUT2D eigenvalue weighted by Gasteiger charge is 2.35.